The van der Waals surface area contributed by atoms with Crippen LogP contribution in [0.15, 0.2) is 85.3 Å². The van der Waals surface area contributed by atoms with Gasteiger partial charge in [-0.15, -0.1) is 0 Å². The van der Waals surface area contributed by atoms with E-state index >= 15 is 0 Å². The van der Waals surface area contributed by atoms with Gasteiger partial charge in [0.25, 0.3) is 0 Å². The van der Waals surface area contributed by atoms with Crippen molar-refractivity contribution in [2.75, 3.05) is 50.6 Å². The largest absolute Gasteiger partial charge is 0.489 e. The molecule has 0 aliphatic carbocycles. The molecular formula is C33H35N7O3. The van der Waals surface area contributed by atoms with Gasteiger partial charge in [0, 0.05) is 42.3 Å². The molecule has 220 valence electrons. The number of aromatic nitrogens is 4. The molecule has 0 atom stereocenters. The Balaban J connectivity index is 1.24. The Labute approximate surface area is 250 Å². The van der Waals surface area contributed by atoms with E-state index in [9.17, 15) is 4.79 Å². The van der Waals surface area contributed by atoms with Crippen LogP contribution in [0, 0.1) is 0 Å². The number of carbonyl (C=O) groups is 1. The van der Waals surface area contributed by atoms with Crippen LogP contribution < -0.4 is 15.4 Å². The molecule has 0 bridgehead atoms. The summed E-state index contributed by atoms with van der Waals surface area (Å²) in [6.07, 6.45) is 9.29. The first-order chi connectivity index (χ1) is 21.2. The summed E-state index contributed by atoms with van der Waals surface area (Å²) in [4.78, 5) is 24.2. The molecular weight excluding hydrogens is 542 g/mol. The van der Waals surface area contributed by atoms with Crippen molar-refractivity contribution in [2.24, 2.45) is 0 Å². The average molecular weight is 578 g/mol. The standard InChI is InChI=1S/C33H35N7O3/c1-42-16-17-43-31-20-28-27(19-29(31)38-32(41)10-7-15-39-13-5-6-14-39)33(35-23-34-28)37-26-11-12-30-25(18-26)21-36-40(30)22-24-8-3-2-4-9-24/h2-4,7-12,18-21,23H,5-6,13-17,22H2,1H3,(H,38,41)(H,34,35,37). The van der Waals surface area contributed by atoms with Gasteiger partial charge in [0.2, 0.25) is 5.91 Å². The highest BCUT2D eigenvalue weighted by molar-refractivity contribution is 6.03. The minimum atomic E-state index is -0.223. The third-order valence-electron chi connectivity index (χ3n) is 7.45. The van der Waals surface area contributed by atoms with Crippen LogP contribution in [-0.2, 0) is 16.1 Å². The minimum absolute atomic E-state index is 0.223. The second-order valence-corrected chi connectivity index (χ2v) is 10.5. The number of fused-ring (bicyclic) bond motifs is 2. The van der Waals surface area contributed by atoms with E-state index in [1.807, 2.05) is 59.4 Å². The molecule has 1 fully saturated rings. The van der Waals surface area contributed by atoms with E-state index in [2.05, 4.69) is 48.8 Å². The number of likely N-dealkylation sites (tertiary alicyclic amines) is 1. The maximum Gasteiger partial charge on any atom is 0.248 e. The number of hydrogen-bond donors (Lipinski definition) is 2. The third-order valence-corrected chi connectivity index (χ3v) is 7.45. The Hall–Kier alpha value is -4.80. The van der Waals surface area contributed by atoms with Crippen molar-refractivity contribution >= 4 is 44.9 Å². The number of nitrogens with one attached hydrogen (secondary N) is 2. The normalized spacial score (nSPS) is 13.7. The van der Waals surface area contributed by atoms with Crippen molar-refractivity contribution in [3.63, 3.8) is 0 Å². The lowest BCUT2D eigenvalue weighted by Gasteiger charge is -2.15. The molecule has 1 aliphatic heterocycles. The fourth-order valence-electron chi connectivity index (χ4n) is 5.27. The number of rotatable bonds is 12. The number of amides is 1. The van der Waals surface area contributed by atoms with Gasteiger partial charge in [-0.3, -0.25) is 14.4 Å². The van der Waals surface area contributed by atoms with Crippen LogP contribution >= 0.6 is 0 Å². The number of methoxy groups -OCH3 is 1. The van der Waals surface area contributed by atoms with E-state index in [1.165, 1.54) is 24.7 Å². The Bertz CT molecular complexity index is 1730. The predicted octanol–water partition coefficient (Wildman–Crippen LogP) is 5.39. The summed E-state index contributed by atoms with van der Waals surface area (Å²) < 4.78 is 13.1. The van der Waals surface area contributed by atoms with Gasteiger partial charge in [0.15, 0.2) is 0 Å². The predicted molar refractivity (Wildman–Crippen MR) is 169 cm³/mol. The molecule has 10 nitrogen and oxygen atoms in total. The molecule has 0 radical (unpaired) electrons. The zero-order valence-electron chi connectivity index (χ0n) is 24.2. The monoisotopic (exact) mass is 577 g/mol. The summed E-state index contributed by atoms with van der Waals surface area (Å²) in [6, 6.07) is 20.1. The summed E-state index contributed by atoms with van der Waals surface area (Å²) in [5.41, 5.74) is 4.32. The van der Waals surface area contributed by atoms with Gasteiger partial charge in [-0.25, -0.2) is 9.97 Å². The Morgan fingerprint density at radius 3 is 2.72 bits per heavy atom. The molecule has 43 heavy (non-hydrogen) atoms. The highest BCUT2D eigenvalue weighted by Crippen LogP contribution is 2.34. The van der Waals surface area contributed by atoms with Crippen molar-refractivity contribution in [2.45, 2.75) is 19.4 Å². The van der Waals surface area contributed by atoms with Gasteiger partial charge in [0.1, 0.15) is 24.5 Å². The lowest BCUT2D eigenvalue weighted by atomic mass is 10.1. The van der Waals surface area contributed by atoms with E-state index < -0.39 is 0 Å². The fourth-order valence-corrected chi connectivity index (χ4v) is 5.27. The zero-order chi connectivity index (χ0) is 29.4. The molecule has 3 heterocycles. The Morgan fingerprint density at radius 2 is 1.88 bits per heavy atom. The summed E-state index contributed by atoms with van der Waals surface area (Å²) in [5.74, 6) is 0.909. The Kier molecular flexibility index (Phi) is 8.86. The van der Waals surface area contributed by atoms with E-state index in [1.54, 1.807) is 13.2 Å². The number of nitrogens with zero attached hydrogens (tertiary/aromatic N) is 5. The van der Waals surface area contributed by atoms with Crippen molar-refractivity contribution in [3.05, 3.63) is 90.9 Å². The summed E-state index contributed by atoms with van der Waals surface area (Å²) in [6.45, 7) is 4.37. The van der Waals surface area contributed by atoms with Crippen LogP contribution in [-0.4, -0.2) is 70.5 Å². The van der Waals surface area contributed by atoms with Gasteiger partial charge < -0.3 is 20.1 Å². The number of carbonyl (C=O) groups excluding carboxylic acids is 1. The molecule has 1 saturated heterocycles. The first-order valence-electron chi connectivity index (χ1n) is 14.5. The number of anilines is 3. The second kappa shape index (κ2) is 13.5. The second-order valence-electron chi connectivity index (χ2n) is 10.5. The fraction of sp³-hybridized carbons (Fsp3) is 0.273. The first kappa shape index (κ1) is 28.3. The van der Waals surface area contributed by atoms with E-state index in [0.717, 1.165) is 41.6 Å². The average Bonchev–Trinajstić information content (AvgIpc) is 3.68. The molecule has 0 saturated carbocycles. The smallest absolute Gasteiger partial charge is 0.248 e. The first-order valence-corrected chi connectivity index (χ1v) is 14.5. The molecule has 0 spiro atoms. The van der Waals surface area contributed by atoms with Crippen LogP contribution in [0.25, 0.3) is 21.8 Å². The van der Waals surface area contributed by atoms with E-state index in [-0.39, 0.29) is 5.91 Å². The molecule has 0 unspecified atom stereocenters. The zero-order valence-corrected chi connectivity index (χ0v) is 24.2. The van der Waals surface area contributed by atoms with Crippen molar-refractivity contribution < 1.29 is 14.3 Å². The minimum Gasteiger partial charge on any atom is -0.489 e. The van der Waals surface area contributed by atoms with Gasteiger partial charge in [-0.05, 0) is 55.8 Å². The molecule has 2 N–H and O–H groups in total. The van der Waals surface area contributed by atoms with E-state index in [4.69, 9.17) is 9.47 Å². The molecule has 3 aromatic carbocycles. The number of ether oxygens (including phenoxy) is 2. The molecule has 5 aromatic rings. The summed E-state index contributed by atoms with van der Waals surface area (Å²) >= 11 is 0. The van der Waals surface area contributed by atoms with Crippen molar-refractivity contribution in [3.8, 4) is 5.75 Å². The SMILES string of the molecule is COCCOc1cc2ncnc(Nc3ccc4c(cnn4Cc4ccccc4)c3)c2cc1NC(=O)C=CCN1CCCC1. The van der Waals surface area contributed by atoms with Crippen LogP contribution in [0.4, 0.5) is 17.2 Å². The highest BCUT2D eigenvalue weighted by atomic mass is 16.5. The van der Waals surface area contributed by atoms with Crippen molar-refractivity contribution in [1.29, 1.82) is 0 Å². The quantitative estimate of drug-likeness (QED) is 0.150. The number of benzene rings is 3. The third kappa shape index (κ3) is 6.99. The van der Waals surface area contributed by atoms with Crippen LogP contribution in [0.2, 0.25) is 0 Å². The highest BCUT2D eigenvalue weighted by Gasteiger charge is 2.14. The van der Waals surface area contributed by atoms with Gasteiger partial charge in [-0.1, -0.05) is 36.4 Å². The van der Waals surface area contributed by atoms with E-state index in [0.29, 0.717) is 42.5 Å². The van der Waals surface area contributed by atoms with Gasteiger partial charge in [-0.2, -0.15) is 5.10 Å². The molecule has 1 aliphatic rings. The van der Waals surface area contributed by atoms with Gasteiger partial charge in [0.05, 0.1) is 36.1 Å². The molecule has 10 heteroatoms. The summed E-state index contributed by atoms with van der Waals surface area (Å²) in [5, 5.41) is 12.8. The topological polar surface area (TPSA) is 106 Å². The maximum absolute atomic E-state index is 12.9. The van der Waals surface area contributed by atoms with Crippen LogP contribution in [0.5, 0.6) is 5.75 Å². The summed E-state index contributed by atoms with van der Waals surface area (Å²) in [7, 11) is 1.62. The molecule has 6 rings (SSSR count). The molecule has 2 aromatic heterocycles. The number of hydrogen-bond acceptors (Lipinski definition) is 8. The lowest BCUT2D eigenvalue weighted by Crippen LogP contribution is -2.19. The van der Waals surface area contributed by atoms with Gasteiger partial charge >= 0.3 is 0 Å². The maximum atomic E-state index is 12.9. The van der Waals surface area contributed by atoms with Crippen LogP contribution in [0.3, 0.4) is 0 Å². The Morgan fingerprint density at radius 1 is 1.02 bits per heavy atom. The molecule has 1 amide bonds. The lowest BCUT2D eigenvalue weighted by molar-refractivity contribution is -0.111. The van der Waals surface area contributed by atoms with Crippen molar-refractivity contribution in [1.82, 2.24) is 24.6 Å². The van der Waals surface area contributed by atoms with Crippen LogP contribution in [0.1, 0.15) is 18.4 Å².